The van der Waals surface area contributed by atoms with Gasteiger partial charge in [0.15, 0.2) is 5.78 Å². The van der Waals surface area contributed by atoms with Crippen LogP contribution in [0.5, 0.6) is 0 Å². The number of hydrogen-bond acceptors (Lipinski definition) is 3. The highest BCUT2D eigenvalue weighted by Crippen LogP contribution is 2.19. The molecule has 3 heteroatoms. The van der Waals surface area contributed by atoms with Crippen molar-refractivity contribution in [1.82, 2.24) is 0 Å². The lowest BCUT2D eigenvalue weighted by atomic mass is 9.88. The lowest BCUT2D eigenvalue weighted by Crippen LogP contribution is -2.33. The fraction of sp³-hybridized carbons (Fsp3) is 0.286. The molecule has 0 fully saturated rings. The van der Waals surface area contributed by atoms with Crippen LogP contribution in [0.25, 0.3) is 6.08 Å². The Morgan fingerprint density at radius 1 is 1.18 bits per heavy atom. The Bertz CT molecular complexity index is 430. The molecule has 0 aliphatic carbocycles. The second-order valence-corrected chi connectivity index (χ2v) is 4.22. The van der Waals surface area contributed by atoms with Crippen LogP contribution < -0.4 is 0 Å². The van der Waals surface area contributed by atoms with E-state index in [1.165, 1.54) is 13.2 Å². The molecule has 90 valence electrons. The Morgan fingerprint density at radius 3 is 2.29 bits per heavy atom. The summed E-state index contributed by atoms with van der Waals surface area (Å²) in [6, 6.07) is 9.44. The standard InChI is InChI=1S/C14H16O3/c1-14(2,13(16)17-3)12(15)10-9-11-7-5-4-6-8-11/h4-10H,1-3H3/b10-9+. The van der Waals surface area contributed by atoms with Gasteiger partial charge in [-0.2, -0.15) is 0 Å². The largest absolute Gasteiger partial charge is 0.468 e. The average Bonchev–Trinajstić information content (AvgIpc) is 2.35. The van der Waals surface area contributed by atoms with Gasteiger partial charge >= 0.3 is 5.97 Å². The SMILES string of the molecule is COC(=O)C(C)(C)C(=O)/C=C/c1ccccc1. The summed E-state index contributed by atoms with van der Waals surface area (Å²) in [6.45, 7) is 3.10. The van der Waals surface area contributed by atoms with E-state index < -0.39 is 11.4 Å². The Kier molecular flexibility index (Phi) is 4.21. The van der Waals surface area contributed by atoms with Gasteiger partial charge in [0.1, 0.15) is 5.41 Å². The summed E-state index contributed by atoms with van der Waals surface area (Å²) in [4.78, 5) is 23.3. The number of carbonyl (C=O) groups excluding carboxylic acids is 2. The normalized spacial score (nSPS) is 11.5. The number of rotatable bonds is 4. The van der Waals surface area contributed by atoms with Crippen LogP contribution in [0.4, 0.5) is 0 Å². The van der Waals surface area contributed by atoms with Crippen molar-refractivity contribution in [3.8, 4) is 0 Å². The lowest BCUT2D eigenvalue weighted by Gasteiger charge is -2.17. The lowest BCUT2D eigenvalue weighted by molar-refractivity contribution is -0.154. The molecule has 0 bridgehead atoms. The highest BCUT2D eigenvalue weighted by atomic mass is 16.5. The first kappa shape index (κ1) is 13.2. The smallest absolute Gasteiger partial charge is 0.319 e. The van der Waals surface area contributed by atoms with E-state index in [0.29, 0.717) is 0 Å². The van der Waals surface area contributed by atoms with Gasteiger partial charge in [0.05, 0.1) is 7.11 Å². The first-order valence-corrected chi connectivity index (χ1v) is 5.34. The molecule has 0 saturated carbocycles. The number of ketones is 1. The van der Waals surface area contributed by atoms with Crippen LogP contribution in [0.2, 0.25) is 0 Å². The fourth-order valence-corrected chi connectivity index (χ4v) is 1.30. The first-order valence-electron chi connectivity index (χ1n) is 5.34. The van der Waals surface area contributed by atoms with Gasteiger partial charge < -0.3 is 4.74 Å². The zero-order chi connectivity index (χ0) is 12.9. The van der Waals surface area contributed by atoms with Crippen molar-refractivity contribution < 1.29 is 14.3 Å². The maximum absolute atomic E-state index is 11.9. The van der Waals surface area contributed by atoms with Gasteiger partial charge in [-0.1, -0.05) is 36.4 Å². The molecule has 1 aromatic rings. The number of methoxy groups -OCH3 is 1. The molecule has 1 aromatic carbocycles. The second kappa shape index (κ2) is 5.43. The van der Waals surface area contributed by atoms with E-state index in [-0.39, 0.29) is 5.78 Å². The summed E-state index contributed by atoms with van der Waals surface area (Å²) in [5.41, 5.74) is -0.221. The molecule has 0 N–H and O–H groups in total. The van der Waals surface area contributed by atoms with Crippen molar-refractivity contribution >= 4 is 17.8 Å². The highest BCUT2D eigenvalue weighted by molar-refractivity contribution is 6.10. The molecule has 0 heterocycles. The van der Waals surface area contributed by atoms with Crippen molar-refractivity contribution in [2.75, 3.05) is 7.11 Å². The van der Waals surface area contributed by atoms with E-state index in [0.717, 1.165) is 5.56 Å². The van der Waals surface area contributed by atoms with Gasteiger partial charge in [-0.3, -0.25) is 9.59 Å². The summed E-state index contributed by atoms with van der Waals surface area (Å²) in [6.07, 6.45) is 3.10. The van der Waals surface area contributed by atoms with E-state index in [4.69, 9.17) is 0 Å². The van der Waals surface area contributed by atoms with Crippen molar-refractivity contribution in [3.05, 3.63) is 42.0 Å². The molecular weight excluding hydrogens is 216 g/mol. The van der Waals surface area contributed by atoms with Crippen LogP contribution in [0.3, 0.4) is 0 Å². The fourth-order valence-electron chi connectivity index (χ4n) is 1.30. The number of benzene rings is 1. The van der Waals surface area contributed by atoms with Gasteiger partial charge in [-0.15, -0.1) is 0 Å². The molecule has 1 rings (SSSR count). The van der Waals surface area contributed by atoms with Crippen LogP contribution in [0, 0.1) is 5.41 Å². The summed E-state index contributed by atoms with van der Waals surface area (Å²) < 4.78 is 4.59. The van der Waals surface area contributed by atoms with Crippen molar-refractivity contribution in [1.29, 1.82) is 0 Å². The molecule has 0 atom stereocenters. The third-order valence-corrected chi connectivity index (χ3v) is 2.54. The zero-order valence-corrected chi connectivity index (χ0v) is 10.3. The molecular formula is C14H16O3. The van der Waals surface area contributed by atoms with Gasteiger partial charge in [0, 0.05) is 0 Å². The number of carbonyl (C=O) groups is 2. The summed E-state index contributed by atoms with van der Waals surface area (Å²) in [5, 5.41) is 0. The second-order valence-electron chi connectivity index (χ2n) is 4.22. The predicted molar refractivity (Wildman–Crippen MR) is 66.3 cm³/mol. The molecule has 0 aliphatic rings. The maximum Gasteiger partial charge on any atom is 0.319 e. The molecule has 0 spiro atoms. The molecule has 0 aromatic heterocycles. The van der Waals surface area contributed by atoms with E-state index in [1.807, 2.05) is 30.3 Å². The summed E-state index contributed by atoms with van der Waals surface area (Å²) >= 11 is 0. The Morgan fingerprint density at radius 2 is 1.76 bits per heavy atom. The van der Waals surface area contributed by atoms with Crippen LogP contribution in [0.15, 0.2) is 36.4 Å². The number of esters is 1. The minimum atomic E-state index is -1.14. The van der Waals surface area contributed by atoms with E-state index in [9.17, 15) is 9.59 Å². The Hall–Kier alpha value is -1.90. The first-order chi connectivity index (χ1) is 7.98. The molecule has 17 heavy (non-hydrogen) atoms. The van der Waals surface area contributed by atoms with Gasteiger partial charge in [0.2, 0.25) is 0 Å². The number of ether oxygens (including phenoxy) is 1. The molecule has 0 amide bonds. The van der Waals surface area contributed by atoms with E-state index in [2.05, 4.69) is 4.74 Å². The molecule has 0 aliphatic heterocycles. The van der Waals surface area contributed by atoms with Gasteiger partial charge in [-0.05, 0) is 25.5 Å². The van der Waals surface area contributed by atoms with E-state index in [1.54, 1.807) is 19.9 Å². The highest BCUT2D eigenvalue weighted by Gasteiger charge is 2.35. The van der Waals surface area contributed by atoms with Crippen LogP contribution >= 0.6 is 0 Å². The monoisotopic (exact) mass is 232 g/mol. The van der Waals surface area contributed by atoms with Crippen LogP contribution in [-0.2, 0) is 14.3 Å². The van der Waals surface area contributed by atoms with Crippen LogP contribution in [-0.4, -0.2) is 18.9 Å². The summed E-state index contributed by atoms with van der Waals surface area (Å²) in [5.74, 6) is -0.798. The maximum atomic E-state index is 11.9. The minimum absolute atomic E-state index is 0.270. The predicted octanol–water partition coefficient (Wildman–Crippen LogP) is 2.47. The van der Waals surface area contributed by atoms with E-state index >= 15 is 0 Å². The van der Waals surface area contributed by atoms with Gasteiger partial charge in [-0.25, -0.2) is 0 Å². The number of allylic oxidation sites excluding steroid dienone is 1. The zero-order valence-electron chi connectivity index (χ0n) is 10.3. The molecule has 0 saturated heterocycles. The quantitative estimate of drug-likeness (QED) is 0.455. The Balaban J connectivity index is 2.79. The summed E-state index contributed by atoms with van der Waals surface area (Å²) in [7, 11) is 1.28. The molecule has 3 nitrogen and oxygen atoms in total. The van der Waals surface area contributed by atoms with Crippen molar-refractivity contribution in [2.24, 2.45) is 5.41 Å². The third-order valence-electron chi connectivity index (χ3n) is 2.54. The van der Waals surface area contributed by atoms with Crippen molar-refractivity contribution in [3.63, 3.8) is 0 Å². The minimum Gasteiger partial charge on any atom is -0.468 e. The molecule has 0 unspecified atom stereocenters. The third kappa shape index (κ3) is 3.28. The topological polar surface area (TPSA) is 43.4 Å². The van der Waals surface area contributed by atoms with Crippen LogP contribution in [0.1, 0.15) is 19.4 Å². The molecule has 0 radical (unpaired) electrons. The van der Waals surface area contributed by atoms with Crippen molar-refractivity contribution in [2.45, 2.75) is 13.8 Å². The average molecular weight is 232 g/mol. The number of hydrogen-bond donors (Lipinski definition) is 0. The Labute approximate surface area is 101 Å². The van der Waals surface area contributed by atoms with Gasteiger partial charge in [0.25, 0.3) is 0 Å².